The molecule has 1 rings (SSSR count). The quantitative estimate of drug-likeness (QED) is 0.757. The van der Waals surface area contributed by atoms with E-state index in [4.69, 9.17) is 10.5 Å². The van der Waals surface area contributed by atoms with Gasteiger partial charge in [0.15, 0.2) is 0 Å². The molecule has 0 heterocycles. The molecule has 1 aromatic rings. The van der Waals surface area contributed by atoms with Crippen LogP contribution in [0.3, 0.4) is 0 Å². The summed E-state index contributed by atoms with van der Waals surface area (Å²) in [7, 11) is -3.53. The van der Waals surface area contributed by atoms with Crippen LogP contribution in [-0.4, -0.2) is 34.2 Å². The van der Waals surface area contributed by atoms with Gasteiger partial charge in [0.05, 0.1) is 18.0 Å². The van der Waals surface area contributed by atoms with Gasteiger partial charge in [-0.05, 0) is 38.1 Å². The lowest BCUT2D eigenvalue weighted by molar-refractivity contribution is 0.133. The molecule has 0 aliphatic heterocycles. The van der Waals surface area contributed by atoms with Crippen LogP contribution in [0.2, 0.25) is 0 Å². The molecule has 0 saturated heterocycles. The van der Waals surface area contributed by atoms with E-state index < -0.39 is 10.0 Å². The van der Waals surface area contributed by atoms with Crippen LogP contribution in [0, 0.1) is 11.8 Å². The lowest BCUT2D eigenvalue weighted by Crippen LogP contribution is -2.35. The summed E-state index contributed by atoms with van der Waals surface area (Å²) in [4.78, 5) is 0.208. The highest BCUT2D eigenvalue weighted by Gasteiger charge is 2.16. The lowest BCUT2D eigenvalue weighted by Gasteiger charge is -2.14. The van der Waals surface area contributed by atoms with Crippen molar-refractivity contribution in [2.75, 3.05) is 19.8 Å². The minimum absolute atomic E-state index is 0.208. The second-order valence-corrected chi connectivity index (χ2v) is 5.93. The smallest absolute Gasteiger partial charge is 0.240 e. The van der Waals surface area contributed by atoms with Crippen LogP contribution in [0.15, 0.2) is 29.2 Å². The molecule has 0 radical (unpaired) electrons. The second kappa shape index (κ2) is 8.02. The van der Waals surface area contributed by atoms with Crippen molar-refractivity contribution in [2.45, 2.75) is 24.8 Å². The molecule has 0 saturated carbocycles. The largest absolute Gasteiger partial charge is 0.380 e. The maximum absolute atomic E-state index is 12.1. The molecule has 6 heteroatoms. The van der Waals surface area contributed by atoms with E-state index in [1.54, 1.807) is 19.1 Å². The average molecular weight is 296 g/mol. The third kappa shape index (κ3) is 5.31. The Balaban J connectivity index is 2.77. The van der Waals surface area contributed by atoms with Gasteiger partial charge in [0.1, 0.15) is 0 Å². The minimum Gasteiger partial charge on any atom is -0.380 e. The maximum Gasteiger partial charge on any atom is 0.240 e. The van der Waals surface area contributed by atoms with Gasteiger partial charge in [0.2, 0.25) is 10.0 Å². The molecule has 20 heavy (non-hydrogen) atoms. The van der Waals surface area contributed by atoms with E-state index in [9.17, 15) is 8.42 Å². The Morgan fingerprint density at radius 3 is 2.55 bits per heavy atom. The standard InChI is InChI=1S/C14H20N2O3S/c1-3-19-11-12(2)16-20(17,18)14-8-6-13(7-9-14)5-4-10-15/h6-9,12,16H,3,10-11,15H2,1-2H3. The summed E-state index contributed by atoms with van der Waals surface area (Å²) in [6.07, 6.45) is 0. The molecule has 0 amide bonds. The fourth-order valence-electron chi connectivity index (χ4n) is 1.53. The van der Waals surface area contributed by atoms with Crippen molar-refractivity contribution in [1.82, 2.24) is 4.72 Å². The number of benzene rings is 1. The summed E-state index contributed by atoms with van der Waals surface area (Å²) in [5, 5.41) is 0. The molecule has 0 aliphatic rings. The molecule has 1 atom stereocenters. The summed E-state index contributed by atoms with van der Waals surface area (Å²) in [5.41, 5.74) is 6.01. The second-order valence-electron chi connectivity index (χ2n) is 4.21. The van der Waals surface area contributed by atoms with Crippen LogP contribution < -0.4 is 10.5 Å². The van der Waals surface area contributed by atoms with E-state index in [-0.39, 0.29) is 17.5 Å². The van der Waals surface area contributed by atoms with Gasteiger partial charge in [-0.25, -0.2) is 13.1 Å². The summed E-state index contributed by atoms with van der Waals surface area (Å²) in [6.45, 7) is 4.80. The molecule has 1 aromatic carbocycles. The van der Waals surface area contributed by atoms with Crippen molar-refractivity contribution < 1.29 is 13.2 Å². The van der Waals surface area contributed by atoms with Gasteiger partial charge in [-0.15, -0.1) is 0 Å². The van der Waals surface area contributed by atoms with Gasteiger partial charge in [0, 0.05) is 18.2 Å². The van der Waals surface area contributed by atoms with Gasteiger partial charge in [0.25, 0.3) is 0 Å². The Hall–Kier alpha value is -1.39. The number of sulfonamides is 1. The predicted molar refractivity (Wildman–Crippen MR) is 78.7 cm³/mol. The zero-order valence-corrected chi connectivity index (χ0v) is 12.5. The van der Waals surface area contributed by atoms with Crippen LogP contribution in [0.25, 0.3) is 0 Å². The topological polar surface area (TPSA) is 81.4 Å². The van der Waals surface area contributed by atoms with Crippen molar-refractivity contribution in [3.8, 4) is 11.8 Å². The third-order valence-corrected chi connectivity index (χ3v) is 4.03. The number of rotatable bonds is 6. The van der Waals surface area contributed by atoms with E-state index in [1.165, 1.54) is 12.1 Å². The zero-order valence-electron chi connectivity index (χ0n) is 11.7. The SMILES string of the molecule is CCOCC(C)NS(=O)(=O)c1ccc(C#CCN)cc1. The summed E-state index contributed by atoms with van der Waals surface area (Å²) >= 11 is 0. The Morgan fingerprint density at radius 2 is 2.00 bits per heavy atom. The Kier molecular flexibility index (Phi) is 6.68. The predicted octanol–water partition coefficient (Wildman–Crippen LogP) is 0.700. The number of nitrogens with two attached hydrogens (primary N) is 1. The molecule has 3 N–H and O–H groups in total. The highest BCUT2D eigenvalue weighted by Crippen LogP contribution is 2.10. The lowest BCUT2D eigenvalue weighted by atomic mass is 10.2. The van der Waals surface area contributed by atoms with Crippen LogP contribution in [0.5, 0.6) is 0 Å². The maximum atomic E-state index is 12.1. The monoisotopic (exact) mass is 296 g/mol. The van der Waals surface area contributed by atoms with Gasteiger partial charge >= 0.3 is 0 Å². The molecule has 1 unspecified atom stereocenters. The van der Waals surface area contributed by atoms with Crippen molar-refractivity contribution in [3.63, 3.8) is 0 Å². The van der Waals surface area contributed by atoms with E-state index in [1.807, 2.05) is 6.92 Å². The van der Waals surface area contributed by atoms with Gasteiger partial charge in [-0.1, -0.05) is 11.8 Å². The summed E-state index contributed by atoms with van der Waals surface area (Å²) < 4.78 is 32.0. The summed E-state index contributed by atoms with van der Waals surface area (Å²) in [5.74, 6) is 5.56. The van der Waals surface area contributed by atoms with E-state index in [0.717, 1.165) is 5.56 Å². The highest BCUT2D eigenvalue weighted by molar-refractivity contribution is 7.89. The first-order valence-corrected chi connectivity index (χ1v) is 7.87. The van der Waals surface area contributed by atoms with Crippen molar-refractivity contribution in [2.24, 2.45) is 5.73 Å². The molecule has 0 aliphatic carbocycles. The van der Waals surface area contributed by atoms with Gasteiger partial charge in [-0.3, -0.25) is 0 Å². The minimum atomic E-state index is -3.53. The zero-order chi connectivity index (χ0) is 15.0. The Labute approximate surface area is 120 Å². The first-order chi connectivity index (χ1) is 9.49. The van der Waals surface area contributed by atoms with Crippen LogP contribution in [0.1, 0.15) is 19.4 Å². The normalized spacial score (nSPS) is 12.6. The summed E-state index contributed by atoms with van der Waals surface area (Å²) in [6, 6.07) is 6.08. The van der Waals surface area contributed by atoms with Crippen LogP contribution >= 0.6 is 0 Å². The first kappa shape index (κ1) is 16.7. The molecule has 0 spiro atoms. The van der Waals surface area contributed by atoms with Crippen molar-refractivity contribution in [3.05, 3.63) is 29.8 Å². The fraction of sp³-hybridized carbons (Fsp3) is 0.429. The van der Waals surface area contributed by atoms with E-state index in [0.29, 0.717) is 13.2 Å². The third-order valence-electron chi connectivity index (χ3n) is 2.43. The Bertz CT molecular complexity index is 571. The van der Waals surface area contributed by atoms with Crippen LogP contribution in [0.4, 0.5) is 0 Å². The molecule has 110 valence electrons. The number of hydrogen-bond donors (Lipinski definition) is 2. The molecular weight excluding hydrogens is 276 g/mol. The van der Waals surface area contributed by atoms with Crippen molar-refractivity contribution in [1.29, 1.82) is 0 Å². The molecular formula is C14H20N2O3S. The van der Waals surface area contributed by atoms with Gasteiger partial charge in [-0.2, -0.15) is 0 Å². The highest BCUT2D eigenvalue weighted by atomic mass is 32.2. The van der Waals surface area contributed by atoms with E-state index in [2.05, 4.69) is 16.6 Å². The molecule has 0 bridgehead atoms. The van der Waals surface area contributed by atoms with E-state index >= 15 is 0 Å². The molecule has 0 fully saturated rings. The number of ether oxygens (including phenoxy) is 1. The van der Waals surface area contributed by atoms with Crippen molar-refractivity contribution >= 4 is 10.0 Å². The molecule has 0 aromatic heterocycles. The van der Waals surface area contributed by atoms with Crippen LogP contribution in [-0.2, 0) is 14.8 Å². The first-order valence-electron chi connectivity index (χ1n) is 6.38. The number of hydrogen-bond acceptors (Lipinski definition) is 4. The Morgan fingerprint density at radius 1 is 1.35 bits per heavy atom. The molecule has 5 nitrogen and oxygen atoms in total. The fourth-order valence-corrected chi connectivity index (χ4v) is 2.76. The van der Waals surface area contributed by atoms with Gasteiger partial charge < -0.3 is 10.5 Å². The number of nitrogens with one attached hydrogen (secondary N) is 1. The average Bonchev–Trinajstić information content (AvgIpc) is 2.43.